The number of carbonyl (C=O) groups is 2. The lowest BCUT2D eigenvalue weighted by Crippen LogP contribution is -2.52. The number of amides is 1. The van der Waals surface area contributed by atoms with Crippen LogP contribution in [0.1, 0.15) is 17.3 Å². The van der Waals surface area contributed by atoms with Crippen molar-refractivity contribution in [2.75, 3.05) is 7.11 Å². The minimum absolute atomic E-state index is 0.353. The zero-order valence-corrected chi connectivity index (χ0v) is 9.06. The van der Waals surface area contributed by atoms with Gasteiger partial charge in [-0.2, -0.15) is 0 Å². The molecule has 1 amide bonds. The summed E-state index contributed by atoms with van der Waals surface area (Å²) < 4.78 is 4.35. The maximum Gasteiger partial charge on any atom is 0.359 e. The molecule has 0 aromatic heterocycles. The van der Waals surface area contributed by atoms with Crippen LogP contribution in [0.2, 0.25) is 0 Å². The van der Waals surface area contributed by atoms with E-state index < -0.39 is 17.6 Å². The Labute approximate surface area is 93.0 Å². The first-order valence-electron chi connectivity index (χ1n) is 4.65. The van der Waals surface area contributed by atoms with Crippen molar-refractivity contribution in [2.24, 2.45) is 0 Å². The van der Waals surface area contributed by atoms with E-state index in [1.165, 1.54) is 0 Å². The Hall–Kier alpha value is -1.88. The molecular formula is C11H13NO4. The molecule has 0 heterocycles. The van der Waals surface area contributed by atoms with Crippen LogP contribution in [-0.4, -0.2) is 29.8 Å². The Balaban J connectivity index is 2.76. The Morgan fingerprint density at radius 2 is 1.88 bits per heavy atom. The number of benzene rings is 1. The number of rotatable bonds is 3. The summed E-state index contributed by atoms with van der Waals surface area (Å²) in [5.41, 5.74) is -1.67. The van der Waals surface area contributed by atoms with E-state index in [9.17, 15) is 14.7 Å². The van der Waals surface area contributed by atoms with Crippen molar-refractivity contribution in [3.8, 4) is 0 Å². The second kappa shape index (κ2) is 4.76. The van der Waals surface area contributed by atoms with Gasteiger partial charge in [0, 0.05) is 5.56 Å². The molecule has 1 rings (SSSR count). The number of nitrogens with one attached hydrogen (secondary N) is 1. The van der Waals surface area contributed by atoms with E-state index in [-0.39, 0.29) is 0 Å². The van der Waals surface area contributed by atoms with Gasteiger partial charge in [0.25, 0.3) is 5.91 Å². The highest BCUT2D eigenvalue weighted by Gasteiger charge is 2.33. The molecule has 0 saturated heterocycles. The molecule has 16 heavy (non-hydrogen) atoms. The first-order valence-corrected chi connectivity index (χ1v) is 4.65. The smallest absolute Gasteiger partial charge is 0.359 e. The number of aliphatic hydroxyl groups is 1. The molecule has 0 saturated carbocycles. The molecule has 1 unspecified atom stereocenters. The minimum Gasteiger partial charge on any atom is -0.465 e. The van der Waals surface area contributed by atoms with Gasteiger partial charge in [-0.05, 0) is 19.1 Å². The summed E-state index contributed by atoms with van der Waals surface area (Å²) in [6, 6.07) is 8.27. The average Bonchev–Trinajstić information content (AvgIpc) is 2.28. The summed E-state index contributed by atoms with van der Waals surface area (Å²) >= 11 is 0. The van der Waals surface area contributed by atoms with Gasteiger partial charge in [0.15, 0.2) is 0 Å². The topological polar surface area (TPSA) is 75.6 Å². The quantitative estimate of drug-likeness (QED) is 0.570. The average molecular weight is 223 g/mol. The SMILES string of the molecule is COC(=O)C(C)(O)NC(=O)c1ccccc1. The number of hydrogen-bond donors (Lipinski definition) is 2. The number of esters is 1. The third kappa shape index (κ3) is 2.80. The van der Waals surface area contributed by atoms with Crippen LogP contribution in [0.15, 0.2) is 30.3 Å². The van der Waals surface area contributed by atoms with Gasteiger partial charge in [0.2, 0.25) is 5.72 Å². The fourth-order valence-electron chi connectivity index (χ4n) is 1.13. The predicted molar refractivity (Wildman–Crippen MR) is 56.5 cm³/mol. The second-order valence-corrected chi connectivity index (χ2v) is 3.38. The number of carbonyl (C=O) groups excluding carboxylic acids is 2. The lowest BCUT2D eigenvalue weighted by molar-refractivity contribution is -0.162. The first kappa shape index (κ1) is 12.2. The number of methoxy groups -OCH3 is 1. The molecule has 1 aromatic rings. The largest absolute Gasteiger partial charge is 0.465 e. The van der Waals surface area contributed by atoms with Crippen LogP contribution in [0, 0.1) is 0 Å². The summed E-state index contributed by atoms with van der Waals surface area (Å²) in [5, 5.41) is 11.8. The van der Waals surface area contributed by atoms with Crippen LogP contribution < -0.4 is 5.32 Å². The third-order valence-electron chi connectivity index (χ3n) is 1.98. The minimum atomic E-state index is -2.03. The van der Waals surface area contributed by atoms with E-state index in [0.717, 1.165) is 14.0 Å². The summed E-state index contributed by atoms with van der Waals surface area (Å²) in [4.78, 5) is 22.7. The van der Waals surface area contributed by atoms with Crippen molar-refractivity contribution in [3.05, 3.63) is 35.9 Å². The number of hydrogen-bond acceptors (Lipinski definition) is 4. The van der Waals surface area contributed by atoms with Crippen molar-refractivity contribution < 1.29 is 19.4 Å². The van der Waals surface area contributed by atoms with Gasteiger partial charge >= 0.3 is 5.97 Å². The van der Waals surface area contributed by atoms with Crippen LogP contribution in [-0.2, 0) is 9.53 Å². The Kier molecular flexibility index (Phi) is 3.63. The monoisotopic (exact) mass is 223 g/mol. The summed E-state index contributed by atoms with van der Waals surface area (Å²) in [6.45, 7) is 1.15. The molecule has 0 fully saturated rings. The third-order valence-corrected chi connectivity index (χ3v) is 1.98. The summed E-state index contributed by atoms with van der Waals surface area (Å²) in [5.74, 6) is -1.47. The van der Waals surface area contributed by atoms with Crippen molar-refractivity contribution >= 4 is 11.9 Å². The molecule has 0 radical (unpaired) electrons. The van der Waals surface area contributed by atoms with Gasteiger partial charge in [-0.15, -0.1) is 0 Å². The Morgan fingerprint density at radius 1 is 1.31 bits per heavy atom. The normalized spacial score (nSPS) is 13.7. The van der Waals surface area contributed by atoms with E-state index >= 15 is 0 Å². The molecule has 0 aliphatic rings. The molecule has 0 aliphatic heterocycles. The standard InChI is InChI=1S/C11H13NO4/c1-11(15,10(14)16-2)12-9(13)8-6-4-3-5-7-8/h3-7,15H,1-2H3,(H,12,13). The van der Waals surface area contributed by atoms with Crippen LogP contribution in [0.5, 0.6) is 0 Å². The molecule has 2 N–H and O–H groups in total. The van der Waals surface area contributed by atoms with E-state index in [1.807, 2.05) is 0 Å². The van der Waals surface area contributed by atoms with E-state index in [2.05, 4.69) is 10.1 Å². The van der Waals surface area contributed by atoms with Gasteiger partial charge in [0.1, 0.15) is 0 Å². The summed E-state index contributed by atoms with van der Waals surface area (Å²) in [7, 11) is 1.13. The first-order chi connectivity index (χ1) is 7.47. The molecule has 86 valence electrons. The highest BCUT2D eigenvalue weighted by molar-refractivity contribution is 5.97. The lowest BCUT2D eigenvalue weighted by Gasteiger charge is -2.21. The van der Waals surface area contributed by atoms with Gasteiger partial charge in [-0.1, -0.05) is 18.2 Å². The molecule has 0 bridgehead atoms. The van der Waals surface area contributed by atoms with Gasteiger partial charge in [-0.3, -0.25) is 4.79 Å². The highest BCUT2D eigenvalue weighted by Crippen LogP contribution is 2.05. The van der Waals surface area contributed by atoms with Crippen molar-refractivity contribution in [1.29, 1.82) is 0 Å². The van der Waals surface area contributed by atoms with Crippen molar-refractivity contribution in [1.82, 2.24) is 5.32 Å². The molecule has 1 aromatic carbocycles. The van der Waals surface area contributed by atoms with Crippen molar-refractivity contribution in [2.45, 2.75) is 12.6 Å². The second-order valence-electron chi connectivity index (χ2n) is 3.38. The molecule has 1 atom stereocenters. The van der Waals surface area contributed by atoms with Gasteiger partial charge < -0.3 is 15.2 Å². The predicted octanol–water partition coefficient (Wildman–Crippen LogP) is 0.298. The molecule has 0 spiro atoms. The van der Waals surface area contributed by atoms with Gasteiger partial charge in [0.05, 0.1) is 7.11 Å². The van der Waals surface area contributed by atoms with Crippen LogP contribution in [0.25, 0.3) is 0 Å². The zero-order valence-electron chi connectivity index (χ0n) is 9.06. The summed E-state index contributed by atoms with van der Waals surface area (Å²) in [6.07, 6.45) is 0. The number of ether oxygens (including phenoxy) is 1. The highest BCUT2D eigenvalue weighted by atomic mass is 16.5. The molecular weight excluding hydrogens is 210 g/mol. The van der Waals surface area contributed by atoms with E-state index in [1.54, 1.807) is 30.3 Å². The Bertz CT molecular complexity index is 386. The van der Waals surface area contributed by atoms with E-state index in [0.29, 0.717) is 5.56 Å². The van der Waals surface area contributed by atoms with Crippen molar-refractivity contribution in [3.63, 3.8) is 0 Å². The Morgan fingerprint density at radius 3 is 2.38 bits per heavy atom. The van der Waals surface area contributed by atoms with E-state index in [4.69, 9.17) is 0 Å². The molecule has 5 heteroatoms. The van der Waals surface area contributed by atoms with Crippen LogP contribution in [0.4, 0.5) is 0 Å². The molecule has 5 nitrogen and oxygen atoms in total. The maximum atomic E-state index is 11.6. The fourth-order valence-corrected chi connectivity index (χ4v) is 1.13. The maximum absolute atomic E-state index is 11.6. The van der Waals surface area contributed by atoms with Crippen LogP contribution in [0.3, 0.4) is 0 Å². The fraction of sp³-hybridized carbons (Fsp3) is 0.273. The zero-order chi connectivity index (χ0) is 12.2. The lowest BCUT2D eigenvalue weighted by atomic mass is 10.2. The molecule has 0 aliphatic carbocycles. The van der Waals surface area contributed by atoms with Crippen LogP contribution >= 0.6 is 0 Å². The van der Waals surface area contributed by atoms with Gasteiger partial charge in [-0.25, -0.2) is 4.79 Å².